The van der Waals surface area contributed by atoms with E-state index in [-0.39, 0.29) is 0 Å². The van der Waals surface area contributed by atoms with Crippen molar-refractivity contribution in [1.82, 2.24) is 9.80 Å². The molecule has 0 atom stereocenters. The number of aliphatic imine (C=N–C) groups is 1. The van der Waals surface area contributed by atoms with Gasteiger partial charge in [-0.1, -0.05) is 18.2 Å². The zero-order valence-corrected chi connectivity index (χ0v) is 15.6. The highest BCUT2D eigenvalue weighted by Crippen LogP contribution is 2.24. The van der Waals surface area contributed by atoms with Crippen molar-refractivity contribution in [2.45, 2.75) is 6.92 Å². The maximum Gasteiger partial charge on any atom is 0.140 e. The SMILES string of the molecule is CC1=CN2CC=C(N3CCOCC3)N=C2C(CN(C)c2ccccc2)=C1. The second-order valence-electron chi connectivity index (χ2n) is 6.98. The summed E-state index contributed by atoms with van der Waals surface area (Å²) < 4.78 is 5.48. The van der Waals surface area contributed by atoms with Crippen molar-refractivity contribution in [1.29, 1.82) is 0 Å². The van der Waals surface area contributed by atoms with Crippen LogP contribution >= 0.6 is 0 Å². The number of morpholine rings is 1. The monoisotopic (exact) mass is 350 g/mol. The summed E-state index contributed by atoms with van der Waals surface area (Å²) in [6.45, 7) is 7.26. The van der Waals surface area contributed by atoms with E-state index in [0.29, 0.717) is 0 Å². The average Bonchev–Trinajstić information content (AvgIpc) is 2.69. The van der Waals surface area contributed by atoms with E-state index in [2.05, 4.69) is 77.4 Å². The number of amidine groups is 1. The number of benzene rings is 1. The van der Waals surface area contributed by atoms with Crippen LogP contribution < -0.4 is 4.90 Å². The fourth-order valence-corrected chi connectivity index (χ4v) is 3.62. The number of ether oxygens (including phenoxy) is 1. The topological polar surface area (TPSA) is 31.3 Å². The van der Waals surface area contributed by atoms with Gasteiger partial charge in [0.15, 0.2) is 0 Å². The Morgan fingerprint density at radius 3 is 2.69 bits per heavy atom. The maximum atomic E-state index is 5.48. The number of para-hydroxylation sites is 1. The number of anilines is 1. The summed E-state index contributed by atoms with van der Waals surface area (Å²) in [5, 5.41) is 0. The Labute approximate surface area is 155 Å². The number of hydrogen-bond acceptors (Lipinski definition) is 5. The zero-order valence-electron chi connectivity index (χ0n) is 15.6. The molecule has 5 heteroatoms. The van der Waals surface area contributed by atoms with Crippen molar-refractivity contribution < 1.29 is 4.74 Å². The number of nitrogens with zero attached hydrogens (tertiary/aromatic N) is 4. The van der Waals surface area contributed by atoms with Crippen LogP contribution in [0.5, 0.6) is 0 Å². The lowest BCUT2D eigenvalue weighted by atomic mass is 10.1. The number of hydrogen-bond donors (Lipinski definition) is 0. The summed E-state index contributed by atoms with van der Waals surface area (Å²) in [7, 11) is 2.14. The molecular weight excluding hydrogens is 324 g/mol. The van der Waals surface area contributed by atoms with Gasteiger partial charge < -0.3 is 19.4 Å². The first-order valence-corrected chi connectivity index (χ1v) is 9.24. The van der Waals surface area contributed by atoms with E-state index >= 15 is 0 Å². The van der Waals surface area contributed by atoms with Crippen LogP contribution in [0.25, 0.3) is 0 Å². The van der Waals surface area contributed by atoms with Crippen LogP contribution in [0.15, 0.2) is 70.6 Å². The molecule has 0 spiro atoms. The predicted molar refractivity (Wildman–Crippen MR) is 106 cm³/mol. The van der Waals surface area contributed by atoms with Crippen molar-refractivity contribution in [3.8, 4) is 0 Å². The van der Waals surface area contributed by atoms with Crippen LogP contribution in [-0.4, -0.2) is 62.1 Å². The van der Waals surface area contributed by atoms with Crippen molar-refractivity contribution in [3.63, 3.8) is 0 Å². The molecule has 0 amide bonds. The molecule has 1 saturated heterocycles. The van der Waals surface area contributed by atoms with Crippen LogP contribution in [-0.2, 0) is 4.74 Å². The lowest BCUT2D eigenvalue weighted by molar-refractivity contribution is 0.0527. The highest BCUT2D eigenvalue weighted by Gasteiger charge is 2.25. The summed E-state index contributed by atoms with van der Waals surface area (Å²) in [6.07, 6.45) is 6.68. The Kier molecular flexibility index (Phi) is 4.80. The summed E-state index contributed by atoms with van der Waals surface area (Å²) in [4.78, 5) is 11.9. The third kappa shape index (κ3) is 3.53. The molecule has 0 radical (unpaired) electrons. The van der Waals surface area contributed by atoms with E-state index in [9.17, 15) is 0 Å². The third-order valence-corrected chi connectivity index (χ3v) is 4.95. The van der Waals surface area contributed by atoms with E-state index in [0.717, 1.165) is 51.0 Å². The molecule has 0 unspecified atom stereocenters. The molecule has 0 N–H and O–H groups in total. The Balaban J connectivity index is 1.57. The van der Waals surface area contributed by atoms with Crippen LogP contribution in [0.1, 0.15) is 6.92 Å². The van der Waals surface area contributed by atoms with Gasteiger partial charge in [-0.25, -0.2) is 4.99 Å². The first-order valence-electron chi connectivity index (χ1n) is 9.24. The largest absolute Gasteiger partial charge is 0.378 e. The Morgan fingerprint density at radius 1 is 1.15 bits per heavy atom. The van der Waals surface area contributed by atoms with E-state index in [4.69, 9.17) is 9.73 Å². The van der Waals surface area contributed by atoms with Crippen LogP contribution in [0.2, 0.25) is 0 Å². The van der Waals surface area contributed by atoms with Crippen LogP contribution in [0.4, 0.5) is 5.69 Å². The molecule has 3 aliphatic heterocycles. The van der Waals surface area contributed by atoms with Crippen molar-refractivity contribution in [2.75, 3.05) is 51.3 Å². The lowest BCUT2D eigenvalue weighted by Gasteiger charge is -2.36. The second kappa shape index (κ2) is 7.38. The van der Waals surface area contributed by atoms with Crippen LogP contribution in [0.3, 0.4) is 0 Å². The van der Waals surface area contributed by atoms with Gasteiger partial charge in [0.25, 0.3) is 0 Å². The van der Waals surface area contributed by atoms with E-state index < -0.39 is 0 Å². The minimum Gasteiger partial charge on any atom is -0.378 e. The maximum absolute atomic E-state index is 5.48. The molecule has 0 aromatic heterocycles. The van der Waals surface area contributed by atoms with Crippen molar-refractivity contribution >= 4 is 11.5 Å². The van der Waals surface area contributed by atoms with Gasteiger partial charge in [-0.15, -0.1) is 0 Å². The molecule has 3 heterocycles. The predicted octanol–water partition coefficient (Wildman–Crippen LogP) is 2.85. The highest BCUT2D eigenvalue weighted by molar-refractivity contribution is 6.02. The standard InChI is InChI=1S/C21H26N4O/c1-17-14-18(16-23(2)19-6-4-3-5-7-19)21-22-20(8-9-25(21)15-17)24-10-12-26-13-11-24/h3-8,14-15H,9-13,16H2,1-2H3. The Morgan fingerprint density at radius 2 is 1.92 bits per heavy atom. The van der Waals surface area contributed by atoms with Crippen molar-refractivity contribution in [3.05, 3.63) is 65.7 Å². The highest BCUT2D eigenvalue weighted by atomic mass is 16.5. The molecular formula is C21H26N4O. The quantitative estimate of drug-likeness (QED) is 0.836. The van der Waals surface area contributed by atoms with Gasteiger partial charge in [-0.2, -0.15) is 0 Å². The fraction of sp³-hybridized carbons (Fsp3) is 0.381. The molecule has 5 nitrogen and oxygen atoms in total. The summed E-state index contributed by atoms with van der Waals surface area (Å²) in [5.41, 5.74) is 3.74. The molecule has 0 aliphatic carbocycles. The summed E-state index contributed by atoms with van der Waals surface area (Å²) >= 11 is 0. The second-order valence-corrected chi connectivity index (χ2v) is 6.98. The smallest absolute Gasteiger partial charge is 0.140 e. The molecule has 26 heavy (non-hydrogen) atoms. The third-order valence-electron chi connectivity index (χ3n) is 4.95. The molecule has 1 aromatic rings. The van der Waals surface area contributed by atoms with E-state index in [1.807, 2.05) is 0 Å². The van der Waals surface area contributed by atoms with Gasteiger partial charge in [0.2, 0.25) is 0 Å². The summed E-state index contributed by atoms with van der Waals surface area (Å²) in [5.74, 6) is 2.16. The number of fused-ring (bicyclic) bond motifs is 1. The van der Waals surface area contributed by atoms with Gasteiger partial charge in [0.1, 0.15) is 11.7 Å². The molecule has 1 aromatic carbocycles. The first kappa shape index (κ1) is 16.9. The molecule has 3 aliphatic rings. The van der Waals surface area contributed by atoms with E-state index in [1.165, 1.54) is 16.8 Å². The average molecular weight is 350 g/mol. The number of likely N-dealkylation sites (N-methyl/N-ethyl adjacent to an activating group) is 1. The molecule has 1 fully saturated rings. The number of rotatable bonds is 4. The molecule has 0 saturated carbocycles. The van der Waals surface area contributed by atoms with Crippen LogP contribution in [0, 0.1) is 0 Å². The molecule has 4 rings (SSSR count). The van der Waals surface area contributed by atoms with E-state index in [1.54, 1.807) is 0 Å². The zero-order chi connectivity index (χ0) is 17.9. The fourth-order valence-electron chi connectivity index (χ4n) is 3.62. The van der Waals surface area contributed by atoms with Gasteiger partial charge in [0, 0.05) is 50.7 Å². The lowest BCUT2D eigenvalue weighted by Crippen LogP contribution is -2.41. The summed E-state index contributed by atoms with van der Waals surface area (Å²) in [6, 6.07) is 10.5. The Hall–Kier alpha value is -2.53. The first-order chi connectivity index (χ1) is 12.7. The minimum atomic E-state index is 0.782. The number of allylic oxidation sites excluding steroid dienone is 2. The van der Waals surface area contributed by atoms with Gasteiger partial charge in [0.05, 0.1) is 13.2 Å². The van der Waals surface area contributed by atoms with Gasteiger partial charge in [-0.05, 0) is 36.8 Å². The molecule has 0 bridgehead atoms. The minimum absolute atomic E-state index is 0.782. The molecule has 136 valence electrons. The Bertz CT molecular complexity index is 772. The normalized spacial score (nSPS) is 19.9. The van der Waals surface area contributed by atoms with Crippen molar-refractivity contribution in [2.24, 2.45) is 4.99 Å². The van der Waals surface area contributed by atoms with Gasteiger partial charge in [-0.3, -0.25) is 0 Å². The van der Waals surface area contributed by atoms with Gasteiger partial charge >= 0.3 is 0 Å².